The Morgan fingerprint density at radius 3 is 3.14 bits per heavy atom. The van der Waals surface area contributed by atoms with Gasteiger partial charge in [-0.15, -0.1) is 5.10 Å². The van der Waals surface area contributed by atoms with Crippen molar-refractivity contribution in [2.24, 2.45) is 5.92 Å². The van der Waals surface area contributed by atoms with Gasteiger partial charge in [0.25, 0.3) is 0 Å². The minimum atomic E-state index is 0.611. The zero-order valence-electron chi connectivity index (χ0n) is 8.66. The lowest BCUT2D eigenvalue weighted by atomic mass is 9.97. The van der Waals surface area contributed by atoms with E-state index >= 15 is 0 Å². The first-order chi connectivity index (χ1) is 6.72. The highest BCUT2D eigenvalue weighted by atomic mass is 16.5. The van der Waals surface area contributed by atoms with E-state index in [0.29, 0.717) is 11.7 Å². The van der Waals surface area contributed by atoms with Gasteiger partial charge in [0.1, 0.15) is 11.5 Å². The van der Waals surface area contributed by atoms with Gasteiger partial charge in [-0.3, -0.25) is 0 Å². The van der Waals surface area contributed by atoms with Crippen LogP contribution < -0.4 is 0 Å². The molecule has 0 N–H and O–H groups in total. The van der Waals surface area contributed by atoms with Crippen LogP contribution in [0.2, 0.25) is 0 Å². The lowest BCUT2D eigenvalue weighted by Gasteiger charge is -2.19. The fourth-order valence-electron chi connectivity index (χ4n) is 1.80. The van der Waals surface area contributed by atoms with E-state index in [2.05, 4.69) is 23.8 Å². The van der Waals surface area contributed by atoms with Gasteiger partial charge in [-0.25, -0.2) is 4.68 Å². The van der Waals surface area contributed by atoms with Crippen molar-refractivity contribution in [1.82, 2.24) is 15.0 Å². The van der Waals surface area contributed by atoms with Crippen LogP contribution in [0.1, 0.15) is 24.7 Å². The van der Waals surface area contributed by atoms with Gasteiger partial charge in [0, 0.05) is 6.54 Å². The largest absolute Gasteiger partial charge is 0.495 e. The van der Waals surface area contributed by atoms with Crippen LogP contribution in [0.5, 0.6) is 0 Å². The summed E-state index contributed by atoms with van der Waals surface area (Å²) in [4.78, 5) is 0. The molecule has 0 fully saturated rings. The number of hydrogen-bond donors (Lipinski definition) is 0. The molecular formula is C10H15N3O. The monoisotopic (exact) mass is 193 g/mol. The highest BCUT2D eigenvalue weighted by Crippen LogP contribution is 2.24. The summed E-state index contributed by atoms with van der Waals surface area (Å²) in [7, 11) is 1.61. The van der Waals surface area contributed by atoms with Gasteiger partial charge < -0.3 is 4.74 Å². The Kier molecular flexibility index (Phi) is 2.27. The Labute approximate surface area is 83.6 Å². The maximum Gasteiger partial charge on any atom is 0.150 e. The summed E-state index contributed by atoms with van der Waals surface area (Å²) in [5, 5.41) is 8.18. The third-order valence-corrected chi connectivity index (χ3v) is 2.72. The molecule has 4 heteroatoms. The predicted molar refractivity (Wildman–Crippen MR) is 53.6 cm³/mol. The zero-order valence-corrected chi connectivity index (χ0v) is 8.66. The minimum Gasteiger partial charge on any atom is -0.495 e. The van der Waals surface area contributed by atoms with Crippen molar-refractivity contribution in [3.63, 3.8) is 0 Å². The highest BCUT2D eigenvalue weighted by Gasteiger charge is 2.22. The molecule has 0 radical (unpaired) electrons. The van der Waals surface area contributed by atoms with Gasteiger partial charge in [-0.05, 0) is 18.8 Å². The van der Waals surface area contributed by atoms with Gasteiger partial charge in [0.05, 0.1) is 12.8 Å². The van der Waals surface area contributed by atoms with Gasteiger partial charge in [0.2, 0.25) is 0 Å². The average molecular weight is 193 g/mol. The molecule has 0 spiro atoms. The first-order valence-electron chi connectivity index (χ1n) is 4.88. The van der Waals surface area contributed by atoms with E-state index < -0.39 is 0 Å². The van der Waals surface area contributed by atoms with Crippen LogP contribution in [-0.2, 0) is 17.7 Å². The third-order valence-electron chi connectivity index (χ3n) is 2.72. The summed E-state index contributed by atoms with van der Waals surface area (Å²) in [5.74, 6) is 1.31. The number of methoxy groups -OCH3 is 1. The molecule has 0 aromatic carbocycles. The second kappa shape index (κ2) is 3.44. The highest BCUT2D eigenvalue weighted by molar-refractivity contribution is 5.55. The van der Waals surface area contributed by atoms with E-state index in [0.717, 1.165) is 24.4 Å². The molecule has 1 aromatic rings. The van der Waals surface area contributed by atoms with Crippen LogP contribution in [0.3, 0.4) is 0 Å². The molecular weight excluding hydrogens is 178 g/mol. The normalized spacial score (nSPS) is 20.3. The van der Waals surface area contributed by atoms with Crippen molar-refractivity contribution in [2.75, 3.05) is 7.11 Å². The smallest absolute Gasteiger partial charge is 0.150 e. The lowest BCUT2D eigenvalue weighted by Crippen LogP contribution is -2.18. The zero-order chi connectivity index (χ0) is 10.1. The molecule has 1 aliphatic rings. The number of rotatable bonds is 2. The van der Waals surface area contributed by atoms with Gasteiger partial charge >= 0.3 is 0 Å². The number of nitrogens with zero attached hydrogens (tertiary/aromatic N) is 3. The summed E-state index contributed by atoms with van der Waals surface area (Å²) < 4.78 is 7.04. The quantitative estimate of drug-likeness (QED) is 0.668. The average Bonchev–Trinajstić information content (AvgIpc) is 2.59. The number of aromatic nitrogens is 3. The van der Waals surface area contributed by atoms with Crippen LogP contribution >= 0.6 is 0 Å². The molecule has 76 valence electrons. The predicted octanol–water partition coefficient (Wildman–Crippen LogP) is 1.48. The van der Waals surface area contributed by atoms with Crippen LogP contribution in [0.25, 0.3) is 5.76 Å². The second-order valence-corrected chi connectivity index (χ2v) is 3.83. The summed E-state index contributed by atoms with van der Waals surface area (Å²) >= 11 is 0. The van der Waals surface area contributed by atoms with Crippen molar-refractivity contribution in [2.45, 2.75) is 26.3 Å². The van der Waals surface area contributed by atoms with Crippen LogP contribution in [0.15, 0.2) is 6.58 Å². The molecule has 14 heavy (non-hydrogen) atoms. The van der Waals surface area contributed by atoms with E-state index in [1.54, 1.807) is 7.11 Å². The van der Waals surface area contributed by atoms with Crippen molar-refractivity contribution in [1.29, 1.82) is 0 Å². The molecule has 0 saturated heterocycles. The number of ether oxygens (including phenoxy) is 1. The Balaban J connectivity index is 2.35. The van der Waals surface area contributed by atoms with Crippen molar-refractivity contribution in [3.05, 3.63) is 18.0 Å². The van der Waals surface area contributed by atoms with E-state index in [1.807, 2.05) is 4.68 Å². The molecule has 4 nitrogen and oxygen atoms in total. The molecule has 2 heterocycles. The Morgan fingerprint density at radius 1 is 1.64 bits per heavy atom. The number of hydrogen-bond acceptors (Lipinski definition) is 3. The molecule has 0 aliphatic carbocycles. The van der Waals surface area contributed by atoms with Crippen LogP contribution in [0.4, 0.5) is 0 Å². The lowest BCUT2D eigenvalue weighted by molar-refractivity contribution is 0.365. The molecule has 0 bridgehead atoms. The standard InChI is InChI=1S/C10H15N3O/c1-7-4-5-13-9(6-7)10(11-12-13)8(2)14-3/h7H,2,4-6H2,1,3H3. The van der Waals surface area contributed by atoms with Gasteiger partial charge in [-0.2, -0.15) is 0 Å². The first kappa shape index (κ1) is 9.24. The van der Waals surface area contributed by atoms with Gasteiger partial charge in [0.15, 0.2) is 0 Å². The molecule has 1 unspecified atom stereocenters. The van der Waals surface area contributed by atoms with E-state index in [1.165, 1.54) is 6.42 Å². The minimum absolute atomic E-state index is 0.611. The maximum absolute atomic E-state index is 5.09. The first-order valence-corrected chi connectivity index (χ1v) is 4.88. The molecule has 0 amide bonds. The molecule has 0 saturated carbocycles. The molecule has 1 atom stereocenters. The number of fused-ring (bicyclic) bond motifs is 1. The SMILES string of the molecule is C=C(OC)c1nnn2c1CC(C)CC2. The molecule has 1 aromatic heterocycles. The van der Waals surface area contributed by atoms with Crippen molar-refractivity contribution < 1.29 is 4.74 Å². The second-order valence-electron chi connectivity index (χ2n) is 3.83. The number of aryl methyl sites for hydroxylation is 1. The van der Waals surface area contributed by atoms with E-state index in [-0.39, 0.29) is 0 Å². The Bertz CT molecular complexity index is 356. The molecule has 1 aliphatic heterocycles. The molecule has 2 rings (SSSR count). The summed E-state index contributed by atoms with van der Waals surface area (Å²) in [5.41, 5.74) is 1.98. The topological polar surface area (TPSA) is 39.9 Å². The summed E-state index contributed by atoms with van der Waals surface area (Å²) in [6, 6.07) is 0. The van der Waals surface area contributed by atoms with Crippen LogP contribution in [0, 0.1) is 5.92 Å². The van der Waals surface area contributed by atoms with E-state index in [4.69, 9.17) is 4.74 Å². The third kappa shape index (κ3) is 1.41. The Morgan fingerprint density at radius 2 is 2.43 bits per heavy atom. The Hall–Kier alpha value is -1.32. The summed E-state index contributed by atoms with van der Waals surface area (Å²) in [6.07, 6.45) is 2.19. The maximum atomic E-state index is 5.09. The van der Waals surface area contributed by atoms with Crippen LogP contribution in [-0.4, -0.2) is 22.1 Å². The fraction of sp³-hybridized carbons (Fsp3) is 0.600. The summed E-state index contributed by atoms with van der Waals surface area (Å²) in [6.45, 7) is 7.02. The fourth-order valence-corrected chi connectivity index (χ4v) is 1.80. The van der Waals surface area contributed by atoms with E-state index in [9.17, 15) is 0 Å². The van der Waals surface area contributed by atoms with Crippen molar-refractivity contribution in [3.8, 4) is 0 Å². The van der Waals surface area contributed by atoms with Gasteiger partial charge in [-0.1, -0.05) is 18.7 Å². The van der Waals surface area contributed by atoms with Crippen molar-refractivity contribution >= 4 is 5.76 Å².